The number of amides is 2. The molecule has 13 nitrogen and oxygen atoms in total. The monoisotopic (exact) mass is 647 g/mol. The Hall–Kier alpha value is -4.18. The predicted molar refractivity (Wildman–Crippen MR) is 163 cm³/mol. The van der Waals surface area contributed by atoms with Crippen molar-refractivity contribution in [3.63, 3.8) is 0 Å². The molecule has 1 aliphatic heterocycles. The Bertz CT molecular complexity index is 1580. The van der Waals surface area contributed by atoms with E-state index in [0.29, 0.717) is 5.75 Å². The maximum absolute atomic E-state index is 13.6. The van der Waals surface area contributed by atoms with Gasteiger partial charge in [0.2, 0.25) is 0 Å². The van der Waals surface area contributed by atoms with E-state index in [0.717, 1.165) is 4.90 Å². The van der Waals surface area contributed by atoms with Crippen LogP contribution in [-0.4, -0.2) is 104 Å². The zero-order chi connectivity index (χ0) is 31.9. The number of aliphatic hydroxyl groups is 2. The minimum absolute atomic E-state index is 0.0238. The Morgan fingerprint density at radius 3 is 2.27 bits per heavy atom. The molecule has 1 atom stereocenters. The standard InChI is InChI=1S/C29H33N3O10S2/c1-40-21-4-3-5-22(16-21)42-27-25(30-44(38,39)24-8-6-23(43-2)7-9-24)14-19(15-26(27)41-18-20(34)17-33)28(35)31-10-12-32(13-11-31)29(36)37/h3-9,14-16,20,30,33-34H,10-13,17-18H2,1-2H3,(H,36,37). The molecule has 0 radical (unpaired) electrons. The maximum Gasteiger partial charge on any atom is 0.407 e. The molecule has 4 N–H and O–H groups in total. The van der Waals surface area contributed by atoms with Crippen molar-refractivity contribution in [1.29, 1.82) is 0 Å². The molecule has 2 amide bonds. The maximum atomic E-state index is 13.6. The third-order valence-corrected chi connectivity index (χ3v) is 8.78. The molecule has 44 heavy (non-hydrogen) atoms. The van der Waals surface area contributed by atoms with Crippen LogP contribution in [0.1, 0.15) is 10.4 Å². The fraction of sp³-hybridized carbons (Fsp3) is 0.310. The van der Waals surface area contributed by atoms with Crippen LogP contribution in [0.3, 0.4) is 0 Å². The smallest absolute Gasteiger partial charge is 0.407 e. The van der Waals surface area contributed by atoms with E-state index >= 15 is 0 Å². The van der Waals surface area contributed by atoms with Crippen molar-refractivity contribution < 1.29 is 47.5 Å². The van der Waals surface area contributed by atoms with Crippen molar-refractivity contribution in [2.45, 2.75) is 15.9 Å². The molecule has 0 bridgehead atoms. The first kappa shape index (κ1) is 32.7. The highest BCUT2D eigenvalue weighted by Crippen LogP contribution is 2.42. The van der Waals surface area contributed by atoms with Crippen molar-refractivity contribution in [3.05, 3.63) is 66.2 Å². The van der Waals surface area contributed by atoms with Gasteiger partial charge in [-0.3, -0.25) is 9.52 Å². The van der Waals surface area contributed by atoms with Gasteiger partial charge in [0.05, 0.1) is 24.3 Å². The van der Waals surface area contributed by atoms with Crippen LogP contribution in [0.25, 0.3) is 0 Å². The van der Waals surface area contributed by atoms with E-state index < -0.39 is 41.3 Å². The van der Waals surface area contributed by atoms with Crippen molar-refractivity contribution in [2.24, 2.45) is 0 Å². The summed E-state index contributed by atoms with van der Waals surface area (Å²) in [6, 6.07) is 15.4. The molecular weight excluding hydrogens is 614 g/mol. The molecule has 1 aliphatic rings. The summed E-state index contributed by atoms with van der Waals surface area (Å²) in [5, 5.41) is 28.6. The van der Waals surface area contributed by atoms with Crippen LogP contribution < -0.4 is 18.9 Å². The minimum Gasteiger partial charge on any atom is -0.497 e. The number of methoxy groups -OCH3 is 1. The van der Waals surface area contributed by atoms with Crippen LogP contribution in [0.5, 0.6) is 23.0 Å². The number of carbonyl (C=O) groups excluding carboxylic acids is 1. The number of piperazine rings is 1. The van der Waals surface area contributed by atoms with Gasteiger partial charge in [0.1, 0.15) is 24.2 Å². The number of hydrogen-bond donors (Lipinski definition) is 4. The number of sulfonamides is 1. The Morgan fingerprint density at radius 2 is 1.66 bits per heavy atom. The van der Waals surface area contributed by atoms with E-state index in [2.05, 4.69) is 4.72 Å². The van der Waals surface area contributed by atoms with Crippen LogP contribution >= 0.6 is 11.8 Å². The molecule has 3 aromatic rings. The minimum atomic E-state index is -4.21. The van der Waals surface area contributed by atoms with Gasteiger partial charge < -0.3 is 39.3 Å². The fourth-order valence-electron chi connectivity index (χ4n) is 4.28. The van der Waals surface area contributed by atoms with Crippen LogP contribution in [0.4, 0.5) is 10.5 Å². The summed E-state index contributed by atoms with van der Waals surface area (Å²) in [5.41, 5.74) is -0.110. The van der Waals surface area contributed by atoms with E-state index in [-0.39, 0.29) is 59.6 Å². The molecule has 1 heterocycles. The fourth-order valence-corrected chi connectivity index (χ4v) is 5.74. The lowest BCUT2D eigenvalue weighted by Gasteiger charge is -2.33. The highest BCUT2D eigenvalue weighted by atomic mass is 32.2. The zero-order valence-corrected chi connectivity index (χ0v) is 25.6. The second-order valence-corrected chi connectivity index (χ2v) is 12.2. The number of ether oxygens (including phenoxy) is 3. The molecule has 15 heteroatoms. The van der Waals surface area contributed by atoms with Crippen LogP contribution in [0.2, 0.25) is 0 Å². The van der Waals surface area contributed by atoms with Crippen molar-refractivity contribution in [3.8, 4) is 23.0 Å². The highest BCUT2D eigenvalue weighted by Gasteiger charge is 2.28. The summed E-state index contributed by atoms with van der Waals surface area (Å²) in [6.45, 7) is -0.553. The molecule has 236 valence electrons. The SMILES string of the molecule is COc1cccc(Oc2c(NS(=O)(=O)c3ccc(SC)cc3)cc(C(=O)N3CCN(C(=O)O)CC3)cc2OCC(O)CO)c1. The largest absolute Gasteiger partial charge is 0.497 e. The van der Waals surface area contributed by atoms with Crippen LogP contribution in [0.15, 0.2) is 70.5 Å². The van der Waals surface area contributed by atoms with Crippen LogP contribution in [-0.2, 0) is 10.0 Å². The lowest BCUT2D eigenvalue weighted by Crippen LogP contribution is -2.50. The Labute approximate surface area is 259 Å². The third-order valence-electron chi connectivity index (χ3n) is 6.66. The number of aliphatic hydroxyl groups excluding tert-OH is 2. The van der Waals surface area contributed by atoms with E-state index in [1.807, 2.05) is 6.26 Å². The number of hydrogen-bond acceptors (Lipinski definition) is 10. The van der Waals surface area contributed by atoms with E-state index in [1.54, 1.807) is 36.4 Å². The normalized spacial score (nSPS) is 14.1. The van der Waals surface area contributed by atoms with Gasteiger partial charge in [0.25, 0.3) is 15.9 Å². The third kappa shape index (κ3) is 8.05. The molecule has 1 fully saturated rings. The zero-order valence-electron chi connectivity index (χ0n) is 24.0. The Morgan fingerprint density at radius 1 is 1.00 bits per heavy atom. The number of carbonyl (C=O) groups is 2. The second-order valence-electron chi connectivity index (χ2n) is 9.62. The highest BCUT2D eigenvalue weighted by molar-refractivity contribution is 7.98. The van der Waals surface area contributed by atoms with Gasteiger partial charge in [-0.15, -0.1) is 11.8 Å². The van der Waals surface area contributed by atoms with Gasteiger partial charge in [-0.1, -0.05) is 6.07 Å². The molecule has 4 rings (SSSR count). The summed E-state index contributed by atoms with van der Waals surface area (Å²) >= 11 is 1.45. The molecule has 1 unspecified atom stereocenters. The lowest BCUT2D eigenvalue weighted by atomic mass is 10.1. The summed E-state index contributed by atoms with van der Waals surface area (Å²) in [7, 11) is -2.73. The first-order valence-corrected chi connectivity index (χ1v) is 16.1. The van der Waals surface area contributed by atoms with Crippen LogP contribution in [0, 0.1) is 0 Å². The number of carboxylic acid groups (broad SMARTS) is 1. The summed E-state index contributed by atoms with van der Waals surface area (Å²) in [5.74, 6) is 0.0144. The van der Waals surface area contributed by atoms with E-state index in [4.69, 9.17) is 14.2 Å². The number of anilines is 1. The number of thioether (sulfide) groups is 1. The average molecular weight is 648 g/mol. The number of benzene rings is 3. The summed E-state index contributed by atoms with van der Waals surface area (Å²) in [6.07, 6.45) is -0.502. The Balaban J connectivity index is 1.80. The van der Waals surface area contributed by atoms with E-state index in [9.17, 15) is 33.3 Å². The van der Waals surface area contributed by atoms with Crippen molar-refractivity contribution in [2.75, 3.05) is 57.5 Å². The Kier molecular flexibility index (Phi) is 10.8. The molecule has 0 aromatic heterocycles. The van der Waals surface area contributed by atoms with Gasteiger partial charge in [0.15, 0.2) is 11.5 Å². The molecule has 3 aromatic carbocycles. The quantitative estimate of drug-likeness (QED) is 0.213. The molecule has 1 saturated heterocycles. The number of rotatable bonds is 12. The average Bonchev–Trinajstić information content (AvgIpc) is 3.04. The number of nitrogens with one attached hydrogen (secondary N) is 1. The lowest BCUT2D eigenvalue weighted by molar-refractivity contribution is 0.0527. The van der Waals surface area contributed by atoms with E-state index in [1.165, 1.54) is 52.9 Å². The van der Waals surface area contributed by atoms with Gasteiger partial charge in [0, 0.05) is 42.7 Å². The predicted octanol–water partition coefficient (Wildman–Crippen LogP) is 3.18. The molecule has 0 saturated carbocycles. The molecule has 0 spiro atoms. The second kappa shape index (κ2) is 14.5. The van der Waals surface area contributed by atoms with Crippen molar-refractivity contribution in [1.82, 2.24) is 9.80 Å². The molecular formula is C29H33N3O10S2. The first-order chi connectivity index (χ1) is 21.0. The van der Waals surface area contributed by atoms with Gasteiger partial charge >= 0.3 is 6.09 Å². The van der Waals surface area contributed by atoms with Gasteiger partial charge in [-0.25, -0.2) is 13.2 Å². The molecule has 0 aliphatic carbocycles. The van der Waals surface area contributed by atoms with Gasteiger partial charge in [-0.2, -0.15) is 0 Å². The summed E-state index contributed by atoms with van der Waals surface area (Å²) in [4.78, 5) is 28.4. The number of nitrogens with zero attached hydrogens (tertiary/aromatic N) is 2. The van der Waals surface area contributed by atoms with Crippen molar-refractivity contribution >= 4 is 39.5 Å². The van der Waals surface area contributed by atoms with Gasteiger partial charge in [-0.05, 0) is 54.8 Å². The first-order valence-electron chi connectivity index (χ1n) is 13.4. The topological polar surface area (TPSA) is 175 Å². The summed E-state index contributed by atoms with van der Waals surface area (Å²) < 4.78 is 46.8.